The maximum absolute atomic E-state index is 9.15. The lowest BCUT2D eigenvalue weighted by Crippen LogP contribution is -2.43. The molecule has 0 N–H and O–H groups in total. The Bertz CT molecular complexity index is 605. The summed E-state index contributed by atoms with van der Waals surface area (Å²) in [6.45, 7) is 2.88. The van der Waals surface area contributed by atoms with E-state index in [0.29, 0.717) is 25.5 Å². The third kappa shape index (κ3) is 1.69. The molecule has 2 heterocycles. The van der Waals surface area contributed by atoms with Crippen LogP contribution in [0.4, 0.5) is 0 Å². The van der Waals surface area contributed by atoms with Gasteiger partial charge in [-0.1, -0.05) is 6.07 Å². The summed E-state index contributed by atoms with van der Waals surface area (Å²) in [7, 11) is 0. The summed E-state index contributed by atoms with van der Waals surface area (Å²) >= 11 is 0. The van der Waals surface area contributed by atoms with E-state index in [4.69, 9.17) is 14.4 Å². The van der Waals surface area contributed by atoms with Crippen molar-refractivity contribution in [3.05, 3.63) is 29.7 Å². The minimum absolute atomic E-state index is 0.345. The molecule has 4 heteroatoms. The minimum atomic E-state index is -0.345. The average molecular weight is 228 g/mol. The number of aryl methyl sites for hydroxylation is 1. The van der Waals surface area contributed by atoms with Crippen molar-refractivity contribution in [3.63, 3.8) is 0 Å². The highest BCUT2D eigenvalue weighted by molar-refractivity contribution is 5.73. The van der Waals surface area contributed by atoms with E-state index in [1.54, 1.807) is 0 Å². The summed E-state index contributed by atoms with van der Waals surface area (Å²) in [5, 5.41) is 9.15. The molecule has 1 aliphatic rings. The molecule has 0 bridgehead atoms. The summed E-state index contributed by atoms with van der Waals surface area (Å²) < 4.78 is 10.6. The van der Waals surface area contributed by atoms with E-state index in [-0.39, 0.29) is 5.41 Å². The van der Waals surface area contributed by atoms with Crippen molar-refractivity contribution in [2.24, 2.45) is 5.41 Å². The zero-order valence-corrected chi connectivity index (χ0v) is 9.56. The standard InChI is InChI=1S/C13H12N2O2/c1-9-15-11-3-2-10(4-12(11)17-9)5-13(6-14)7-16-8-13/h2-4H,5,7-8H2,1H3. The van der Waals surface area contributed by atoms with Crippen LogP contribution in [0.25, 0.3) is 11.1 Å². The van der Waals surface area contributed by atoms with Crippen LogP contribution >= 0.6 is 0 Å². The Hall–Kier alpha value is -1.86. The Morgan fingerprint density at radius 2 is 2.29 bits per heavy atom. The summed E-state index contributed by atoms with van der Waals surface area (Å²) in [5.74, 6) is 0.666. The van der Waals surface area contributed by atoms with Gasteiger partial charge in [0.2, 0.25) is 0 Å². The fraction of sp³-hybridized carbons (Fsp3) is 0.385. The van der Waals surface area contributed by atoms with Gasteiger partial charge in [-0.2, -0.15) is 5.26 Å². The molecule has 1 saturated heterocycles. The van der Waals surface area contributed by atoms with Crippen molar-refractivity contribution >= 4 is 11.1 Å². The largest absolute Gasteiger partial charge is 0.441 e. The minimum Gasteiger partial charge on any atom is -0.441 e. The van der Waals surface area contributed by atoms with Crippen LogP contribution in [0.2, 0.25) is 0 Å². The fourth-order valence-electron chi connectivity index (χ4n) is 2.14. The molecule has 1 fully saturated rings. The molecule has 3 rings (SSSR count). The van der Waals surface area contributed by atoms with Gasteiger partial charge in [0.25, 0.3) is 0 Å². The van der Waals surface area contributed by atoms with Gasteiger partial charge in [-0.15, -0.1) is 0 Å². The number of aromatic nitrogens is 1. The van der Waals surface area contributed by atoms with E-state index in [1.807, 2.05) is 25.1 Å². The van der Waals surface area contributed by atoms with Gasteiger partial charge < -0.3 is 9.15 Å². The maximum Gasteiger partial charge on any atom is 0.192 e. The SMILES string of the molecule is Cc1nc2ccc(CC3(C#N)COC3)cc2o1. The zero-order chi connectivity index (χ0) is 11.9. The molecular formula is C13H12N2O2. The first-order valence-electron chi connectivity index (χ1n) is 5.56. The number of hydrogen-bond acceptors (Lipinski definition) is 4. The summed E-state index contributed by atoms with van der Waals surface area (Å²) in [6.07, 6.45) is 0.708. The lowest BCUT2D eigenvalue weighted by atomic mass is 9.81. The van der Waals surface area contributed by atoms with Gasteiger partial charge in [0.05, 0.1) is 19.3 Å². The number of ether oxygens (including phenoxy) is 1. The molecular weight excluding hydrogens is 216 g/mol. The molecule has 2 aromatic rings. The van der Waals surface area contributed by atoms with Gasteiger partial charge in [0, 0.05) is 6.92 Å². The Labute approximate surface area is 98.8 Å². The summed E-state index contributed by atoms with van der Waals surface area (Å²) in [6, 6.07) is 8.25. The number of benzene rings is 1. The van der Waals surface area contributed by atoms with Crippen LogP contribution in [-0.4, -0.2) is 18.2 Å². The zero-order valence-electron chi connectivity index (χ0n) is 9.56. The highest BCUT2D eigenvalue weighted by Gasteiger charge is 2.39. The van der Waals surface area contributed by atoms with Gasteiger partial charge in [0.1, 0.15) is 10.9 Å². The lowest BCUT2D eigenvalue weighted by Gasteiger charge is -2.34. The van der Waals surface area contributed by atoms with Crippen molar-refractivity contribution in [2.45, 2.75) is 13.3 Å². The average Bonchev–Trinajstić information content (AvgIpc) is 2.63. The quantitative estimate of drug-likeness (QED) is 0.790. The van der Waals surface area contributed by atoms with Crippen LogP contribution in [0.5, 0.6) is 0 Å². The number of fused-ring (bicyclic) bond motifs is 1. The molecule has 0 aliphatic carbocycles. The second-order valence-corrected chi connectivity index (χ2v) is 4.60. The summed E-state index contributed by atoms with van der Waals surface area (Å²) in [5.41, 5.74) is 2.40. The highest BCUT2D eigenvalue weighted by atomic mass is 16.5. The first-order valence-corrected chi connectivity index (χ1v) is 5.56. The molecule has 0 unspecified atom stereocenters. The molecule has 17 heavy (non-hydrogen) atoms. The molecule has 0 spiro atoms. The van der Waals surface area contributed by atoms with Crippen LogP contribution in [-0.2, 0) is 11.2 Å². The fourth-order valence-corrected chi connectivity index (χ4v) is 2.14. The van der Waals surface area contributed by atoms with Crippen LogP contribution in [0.3, 0.4) is 0 Å². The molecule has 1 aliphatic heterocycles. The first-order chi connectivity index (χ1) is 8.21. The predicted octanol–water partition coefficient (Wildman–Crippen LogP) is 2.22. The first kappa shape index (κ1) is 10.3. The number of nitriles is 1. The van der Waals surface area contributed by atoms with E-state index >= 15 is 0 Å². The van der Waals surface area contributed by atoms with Crippen molar-refractivity contribution < 1.29 is 9.15 Å². The van der Waals surface area contributed by atoms with Gasteiger partial charge in [-0.3, -0.25) is 0 Å². The normalized spacial score (nSPS) is 17.6. The van der Waals surface area contributed by atoms with E-state index < -0.39 is 0 Å². The van der Waals surface area contributed by atoms with Crippen LogP contribution in [0.1, 0.15) is 11.5 Å². The Morgan fingerprint density at radius 1 is 1.47 bits per heavy atom. The van der Waals surface area contributed by atoms with Gasteiger partial charge >= 0.3 is 0 Å². The Kier molecular flexibility index (Phi) is 2.17. The molecule has 0 saturated carbocycles. The Morgan fingerprint density at radius 3 is 2.94 bits per heavy atom. The smallest absolute Gasteiger partial charge is 0.192 e. The van der Waals surface area contributed by atoms with E-state index in [9.17, 15) is 0 Å². The van der Waals surface area contributed by atoms with Gasteiger partial charge in [0.15, 0.2) is 11.5 Å². The monoisotopic (exact) mass is 228 g/mol. The van der Waals surface area contributed by atoms with E-state index in [0.717, 1.165) is 16.7 Å². The third-order valence-corrected chi connectivity index (χ3v) is 3.10. The van der Waals surface area contributed by atoms with Crippen LogP contribution < -0.4 is 0 Å². The number of oxazole rings is 1. The van der Waals surface area contributed by atoms with Crippen molar-refractivity contribution in [2.75, 3.05) is 13.2 Å². The molecule has 0 amide bonds. The van der Waals surface area contributed by atoms with Gasteiger partial charge in [-0.25, -0.2) is 4.98 Å². The number of hydrogen-bond donors (Lipinski definition) is 0. The predicted molar refractivity (Wildman–Crippen MR) is 61.3 cm³/mol. The second kappa shape index (κ2) is 3.57. The van der Waals surface area contributed by atoms with Crippen molar-refractivity contribution in [1.82, 2.24) is 4.98 Å². The van der Waals surface area contributed by atoms with Crippen LogP contribution in [0, 0.1) is 23.7 Å². The number of rotatable bonds is 2. The molecule has 4 nitrogen and oxygen atoms in total. The number of nitrogens with zero attached hydrogens (tertiary/aromatic N) is 2. The molecule has 86 valence electrons. The van der Waals surface area contributed by atoms with Crippen molar-refractivity contribution in [1.29, 1.82) is 5.26 Å². The van der Waals surface area contributed by atoms with Crippen molar-refractivity contribution in [3.8, 4) is 6.07 Å². The third-order valence-electron chi connectivity index (χ3n) is 3.10. The van der Waals surface area contributed by atoms with Crippen LogP contribution in [0.15, 0.2) is 22.6 Å². The molecule has 0 radical (unpaired) electrons. The molecule has 1 aromatic carbocycles. The second-order valence-electron chi connectivity index (χ2n) is 4.60. The Balaban J connectivity index is 1.93. The lowest BCUT2D eigenvalue weighted by molar-refractivity contribution is -0.0765. The summed E-state index contributed by atoms with van der Waals surface area (Å²) in [4.78, 5) is 4.25. The van der Waals surface area contributed by atoms with Gasteiger partial charge in [-0.05, 0) is 24.1 Å². The maximum atomic E-state index is 9.15. The van der Waals surface area contributed by atoms with E-state index in [2.05, 4.69) is 11.1 Å². The topological polar surface area (TPSA) is 59.0 Å². The molecule has 0 atom stereocenters. The molecule has 1 aromatic heterocycles. The van der Waals surface area contributed by atoms with E-state index in [1.165, 1.54) is 0 Å². The highest BCUT2D eigenvalue weighted by Crippen LogP contribution is 2.31.